The first-order chi connectivity index (χ1) is 10.2. The molecule has 0 atom stereocenters. The van der Waals surface area contributed by atoms with Crippen LogP contribution in [0, 0.1) is 0 Å². The molecule has 5 heteroatoms. The summed E-state index contributed by atoms with van der Waals surface area (Å²) in [6.45, 7) is 14.6. The van der Waals surface area contributed by atoms with Crippen molar-refractivity contribution in [3.8, 4) is 0 Å². The molecule has 0 bridgehead atoms. The number of rotatable bonds is 8. The van der Waals surface area contributed by atoms with Gasteiger partial charge in [-0.15, -0.1) is 0 Å². The Bertz CT molecular complexity index is 443. The minimum Gasteiger partial charge on any atom is -0.416 e. The van der Waals surface area contributed by atoms with Gasteiger partial charge in [0.2, 0.25) is 0 Å². The second-order valence-electron chi connectivity index (χ2n) is 7.23. The smallest absolute Gasteiger partial charge is 0.192 e. The quantitative estimate of drug-likeness (QED) is 0.676. The summed E-state index contributed by atoms with van der Waals surface area (Å²) in [5, 5.41) is 9.50. The molecule has 0 spiro atoms. The molecule has 1 aromatic carbocycles. The lowest BCUT2D eigenvalue weighted by Gasteiger charge is -2.36. The third kappa shape index (κ3) is 6.50. The van der Waals surface area contributed by atoms with Gasteiger partial charge in [0.25, 0.3) is 0 Å². The van der Waals surface area contributed by atoms with Crippen LogP contribution in [0.3, 0.4) is 0 Å². The van der Waals surface area contributed by atoms with Crippen molar-refractivity contribution in [1.82, 2.24) is 4.90 Å². The standard InChI is InChI=1S/C17H30BrNO2Si/c1-17(2,3)22(4,5)21-13-11-19(10-12-20)14-15-6-8-16(18)9-7-15/h6-9,20H,10-14H2,1-5H3. The van der Waals surface area contributed by atoms with Crippen LogP contribution < -0.4 is 0 Å². The van der Waals surface area contributed by atoms with Crippen LogP contribution in [0.2, 0.25) is 18.1 Å². The van der Waals surface area contributed by atoms with E-state index < -0.39 is 8.32 Å². The van der Waals surface area contributed by atoms with Crippen LogP contribution in [0.1, 0.15) is 26.3 Å². The summed E-state index contributed by atoms with van der Waals surface area (Å²) in [6, 6.07) is 8.34. The highest BCUT2D eigenvalue weighted by Crippen LogP contribution is 2.36. The molecule has 0 amide bonds. The average molecular weight is 388 g/mol. The highest BCUT2D eigenvalue weighted by Gasteiger charge is 2.36. The fraction of sp³-hybridized carbons (Fsp3) is 0.647. The van der Waals surface area contributed by atoms with E-state index in [1.807, 2.05) is 0 Å². The Kier molecular flexibility index (Phi) is 7.75. The summed E-state index contributed by atoms with van der Waals surface area (Å²) in [5.41, 5.74) is 1.25. The zero-order chi connectivity index (χ0) is 16.8. The molecule has 0 aliphatic carbocycles. The van der Waals surface area contributed by atoms with Crippen molar-refractivity contribution < 1.29 is 9.53 Å². The van der Waals surface area contributed by atoms with Crippen molar-refractivity contribution in [2.75, 3.05) is 26.3 Å². The van der Waals surface area contributed by atoms with Gasteiger partial charge < -0.3 is 9.53 Å². The number of nitrogens with zero attached hydrogens (tertiary/aromatic N) is 1. The molecule has 0 unspecified atom stereocenters. The van der Waals surface area contributed by atoms with E-state index in [-0.39, 0.29) is 11.6 Å². The molecule has 0 aliphatic rings. The molecular weight excluding hydrogens is 358 g/mol. The minimum absolute atomic E-state index is 0.177. The van der Waals surface area contributed by atoms with Crippen LogP contribution in [0.25, 0.3) is 0 Å². The Morgan fingerprint density at radius 1 is 1.14 bits per heavy atom. The van der Waals surface area contributed by atoms with Crippen LogP contribution in [-0.2, 0) is 11.0 Å². The molecular formula is C17H30BrNO2Si. The van der Waals surface area contributed by atoms with Crippen LogP contribution in [0.5, 0.6) is 0 Å². The molecule has 0 aliphatic heterocycles. The molecule has 0 radical (unpaired) electrons. The van der Waals surface area contributed by atoms with Gasteiger partial charge in [0, 0.05) is 30.7 Å². The Morgan fingerprint density at radius 3 is 2.23 bits per heavy atom. The minimum atomic E-state index is -1.69. The van der Waals surface area contributed by atoms with Crippen LogP contribution in [-0.4, -0.2) is 44.6 Å². The first-order valence-electron chi connectivity index (χ1n) is 7.87. The molecule has 22 heavy (non-hydrogen) atoms. The summed E-state index contributed by atoms with van der Waals surface area (Å²) in [4.78, 5) is 2.25. The number of benzene rings is 1. The van der Waals surface area contributed by atoms with Crippen LogP contribution >= 0.6 is 15.9 Å². The number of aliphatic hydroxyl groups excluding tert-OH is 1. The third-order valence-electron chi connectivity index (χ3n) is 4.41. The van der Waals surface area contributed by atoms with Crippen molar-refractivity contribution in [2.45, 2.75) is 45.4 Å². The summed E-state index contributed by atoms with van der Waals surface area (Å²) in [7, 11) is -1.69. The molecule has 126 valence electrons. The summed E-state index contributed by atoms with van der Waals surface area (Å²) in [6.07, 6.45) is 0. The molecule has 1 aromatic rings. The normalized spacial score (nSPS) is 12.9. The zero-order valence-corrected chi connectivity index (χ0v) is 17.1. The van der Waals surface area contributed by atoms with E-state index in [0.29, 0.717) is 6.54 Å². The lowest BCUT2D eigenvalue weighted by atomic mass is 10.2. The molecule has 0 aromatic heterocycles. The number of hydrogen-bond acceptors (Lipinski definition) is 3. The van der Waals surface area contributed by atoms with E-state index in [0.717, 1.165) is 24.2 Å². The van der Waals surface area contributed by atoms with E-state index in [4.69, 9.17) is 4.43 Å². The fourth-order valence-electron chi connectivity index (χ4n) is 1.91. The topological polar surface area (TPSA) is 32.7 Å². The molecule has 0 saturated heterocycles. The summed E-state index contributed by atoms with van der Waals surface area (Å²) in [5.74, 6) is 0. The Balaban J connectivity index is 2.52. The molecule has 1 rings (SSSR count). The van der Waals surface area contributed by atoms with E-state index in [1.165, 1.54) is 5.56 Å². The largest absolute Gasteiger partial charge is 0.416 e. The zero-order valence-electron chi connectivity index (χ0n) is 14.5. The van der Waals surface area contributed by atoms with Gasteiger partial charge in [-0.2, -0.15) is 0 Å². The summed E-state index contributed by atoms with van der Waals surface area (Å²) < 4.78 is 7.32. The Hall–Kier alpha value is -0.203. The number of aliphatic hydroxyl groups is 1. The van der Waals surface area contributed by atoms with Crippen LogP contribution in [0.15, 0.2) is 28.7 Å². The monoisotopic (exact) mass is 387 g/mol. The third-order valence-corrected chi connectivity index (χ3v) is 9.48. The Labute approximate surface area is 144 Å². The van der Waals surface area contributed by atoms with E-state index in [2.05, 4.69) is 79.0 Å². The van der Waals surface area contributed by atoms with E-state index >= 15 is 0 Å². The Morgan fingerprint density at radius 2 is 1.73 bits per heavy atom. The second kappa shape index (κ2) is 8.59. The SMILES string of the molecule is CC(C)(C)[Si](C)(C)OCCN(CCO)Cc1ccc(Br)cc1. The van der Waals surface area contributed by atoms with Crippen molar-refractivity contribution in [1.29, 1.82) is 0 Å². The average Bonchev–Trinajstić information content (AvgIpc) is 2.40. The maximum atomic E-state index is 9.27. The predicted molar refractivity (Wildman–Crippen MR) is 99.7 cm³/mol. The highest BCUT2D eigenvalue weighted by atomic mass is 79.9. The molecule has 0 saturated carbocycles. The van der Waals surface area contributed by atoms with Crippen molar-refractivity contribution in [2.24, 2.45) is 0 Å². The van der Waals surface area contributed by atoms with Gasteiger partial charge in [-0.3, -0.25) is 4.90 Å². The molecule has 3 nitrogen and oxygen atoms in total. The van der Waals surface area contributed by atoms with E-state index in [1.54, 1.807) is 0 Å². The van der Waals surface area contributed by atoms with Gasteiger partial charge in [-0.1, -0.05) is 48.8 Å². The van der Waals surface area contributed by atoms with Gasteiger partial charge in [0.05, 0.1) is 6.61 Å². The van der Waals surface area contributed by atoms with Crippen molar-refractivity contribution in [3.63, 3.8) is 0 Å². The fourth-order valence-corrected chi connectivity index (χ4v) is 3.20. The maximum Gasteiger partial charge on any atom is 0.192 e. The van der Waals surface area contributed by atoms with Gasteiger partial charge in [0.1, 0.15) is 0 Å². The number of hydrogen-bond donors (Lipinski definition) is 1. The molecule has 0 fully saturated rings. The van der Waals surface area contributed by atoms with Crippen LogP contribution in [0.4, 0.5) is 0 Å². The molecule has 0 heterocycles. The van der Waals surface area contributed by atoms with Gasteiger partial charge in [0.15, 0.2) is 8.32 Å². The van der Waals surface area contributed by atoms with Gasteiger partial charge >= 0.3 is 0 Å². The van der Waals surface area contributed by atoms with Gasteiger partial charge in [-0.25, -0.2) is 0 Å². The lowest BCUT2D eigenvalue weighted by Crippen LogP contribution is -2.43. The second-order valence-corrected chi connectivity index (χ2v) is 13.0. The summed E-state index contributed by atoms with van der Waals surface area (Å²) >= 11 is 3.46. The lowest BCUT2D eigenvalue weighted by molar-refractivity contribution is 0.158. The maximum absolute atomic E-state index is 9.27. The van der Waals surface area contributed by atoms with Crippen molar-refractivity contribution in [3.05, 3.63) is 34.3 Å². The number of halogens is 1. The molecule has 1 N–H and O–H groups in total. The van der Waals surface area contributed by atoms with Crippen molar-refractivity contribution >= 4 is 24.2 Å². The predicted octanol–water partition coefficient (Wildman–Crippen LogP) is 4.27. The first-order valence-corrected chi connectivity index (χ1v) is 11.6. The van der Waals surface area contributed by atoms with Gasteiger partial charge in [-0.05, 0) is 35.8 Å². The van der Waals surface area contributed by atoms with E-state index in [9.17, 15) is 5.11 Å². The highest BCUT2D eigenvalue weighted by molar-refractivity contribution is 9.10. The first kappa shape index (κ1) is 19.8.